The van der Waals surface area contributed by atoms with Crippen molar-refractivity contribution in [1.29, 1.82) is 0 Å². The number of ether oxygens (including phenoxy) is 1. The van der Waals surface area contributed by atoms with E-state index in [0.29, 0.717) is 12.8 Å². The third-order valence-electron chi connectivity index (χ3n) is 6.58. The lowest BCUT2D eigenvalue weighted by atomic mass is 9.98. The van der Waals surface area contributed by atoms with Crippen LogP contribution in [-0.2, 0) is 28.9 Å². The maximum absolute atomic E-state index is 11.3. The number of para-hydroxylation sites is 1. The Morgan fingerprint density at radius 1 is 0.778 bits per heavy atom. The molecule has 0 amide bonds. The Morgan fingerprint density at radius 2 is 1.44 bits per heavy atom. The van der Waals surface area contributed by atoms with E-state index in [1.807, 2.05) is 0 Å². The molecule has 0 saturated carbocycles. The lowest BCUT2D eigenvalue weighted by Crippen LogP contribution is -2.02. The molecule has 2 N–H and O–H groups in total. The van der Waals surface area contributed by atoms with Crippen molar-refractivity contribution in [2.75, 3.05) is 12.4 Å². The van der Waals surface area contributed by atoms with Gasteiger partial charge in [0, 0.05) is 36.0 Å². The number of aromatic amines is 1. The number of aryl methyl sites for hydroxylation is 1. The van der Waals surface area contributed by atoms with Gasteiger partial charge in [0.25, 0.3) is 0 Å². The van der Waals surface area contributed by atoms with Crippen LogP contribution in [-0.4, -0.2) is 18.1 Å². The average molecular weight is 475 g/mol. The number of hydrogen-bond donors (Lipinski definition) is 2. The van der Waals surface area contributed by atoms with Gasteiger partial charge in [0.15, 0.2) is 0 Å². The Bertz CT molecular complexity index is 1440. The number of H-pyrrole nitrogens is 1. The van der Waals surface area contributed by atoms with Crippen molar-refractivity contribution in [3.8, 4) is 11.3 Å². The molecular weight excluding hydrogens is 444 g/mol. The minimum absolute atomic E-state index is 0.179. The van der Waals surface area contributed by atoms with Crippen LogP contribution in [0, 0.1) is 0 Å². The first-order chi connectivity index (χ1) is 17.7. The second-order valence-electron chi connectivity index (χ2n) is 9.01. The lowest BCUT2D eigenvalue weighted by molar-refractivity contribution is -0.140. The SMILES string of the molecule is COC(=O)CCc1ccc(NCc2ccc(Cc3c(-c4ccccc4)[nH]c4ccccc34)cc2)cc1. The van der Waals surface area contributed by atoms with E-state index < -0.39 is 0 Å². The fourth-order valence-electron chi connectivity index (χ4n) is 4.56. The second kappa shape index (κ2) is 11.0. The zero-order valence-electron chi connectivity index (χ0n) is 20.5. The highest BCUT2D eigenvalue weighted by molar-refractivity contribution is 5.91. The van der Waals surface area contributed by atoms with E-state index in [4.69, 9.17) is 4.74 Å². The minimum atomic E-state index is -0.179. The summed E-state index contributed by atoms with van der Waals surface area (Å²) >= 11 is 0. The highest BCUT2D eigenvalue weighted by Crippen LogP contribution is 2.32. The number of anilines is 1. The molecule has 1 aromatic heterocycles. The molecule has 0 bridgehead atoms. The van der Waals surface area contributed by atoms with Crippen LogP contribution in [0.2, 0.25) is 0 Å². The topological polar surface area (TPSA) is 54.1 Å². The number of carbonyl (C=O) groups is 1. The fourth-order valence-corrected chi connectivity index (χ4v) is 4.56. The van der Waals surface area contributed by atoms with Crippen molar-refractivity contribution < 1.29 is 9.53 Å². The summed E-state index contributed by atoms with van der Waals surface area (Å²) in [4.78, 5) is 15.0. The molecule has 0 aliphatic carbocycles. The van der Waals surface area contributed by atoms with Crippen molar-refractivity contribution in [1.82, 2.24) is 4.98 Å². The van der Waals surface area contributed by atoms with E-state index >= 15 is 0 Å². The Labute approximate surface area is 212 Å². The number of methoxy groups -OCH3 is 1. The predicted octanol–water partition coefficient (Wildman–Crippen LogP) is 7.14. The molecule has 0 spiro atoms. The molecule has 180 valence electrons. The van der Waals surface area contributed by atoms with Gasteiger partial charge in [-0.15, -0.1) is 0 Å². The summed E-state index contributed by atoms with van der Waals surface area (Å²) in [6, 6.07) is 36.2. The van der Waals surface area contributed by atoms with E-state index in [2.05, 4.69) is 113 Å². The van der Waals surface area contributed by atoms with E-state index in [0.717, 1.165) is 24.2 Å². The zero-order valence-corrected chi connectivity index (χ0v) is 20.5. The lowest BCUT2D eigenvalue weighted by Gasteiger charge is -2.10. The quantitative estimate of drug-likeness (QED) is 0.223. The van der Waals surface area contributed by atoms with Crippen molar-refractivity contribution in [2.45, 2.75) is 25.8 Å². The summed E-state index contributed by atoms with van der Waals surface area (Å²) in [5.41, 5.74) is 9.61. The standard InChI is InChI=1S/C32H30N2O2/c1-36-31(35)20-17-23-15-18-27(19-16-23)33-22-25-13-11-24(12-14-25)21-29-28-9-5-6-10-30(28)34-32(29)26-7-3-2-4-8-26/h2-16,18-19,33-34H,17,20-22H2,1H3. The second-order valence-corrected chi connectivity index (χ2v) is 9.01. The van der Waals surface area contributed by atoms with E-state index in [1.54, 1.807) is 0 Å². The maximum atomic E-state index is 11.3. The molecule has 5 aromatic rings. The van der Waals surface area contributed by atoms with Crippen LogP contribution in [0.3, 0.4) is 0 Å². The summed E-state index contributed by atoms with van der Waals surface area (Å²) < 4.78 is 4.71. The summed E-state index contributed by atoms with van der Waals surface area (Å²) in [7, 11) is 1.42. The van der Waals surface area contributed by atoms with Crippen LogP contribution in [0.1, 0.15) is 28.7 Å². The van der Waals surface area contributed by atoms with Gasteiger partial charge in [0.05, 0.1) is 12.8 Å². The third-order valence-corrected chi connectivity index (χ3v) is 6.58. The highest BCUT2D eigenvalue weighted by atomic mass is 16.5. The number of fused-ring (bicyclic) bond motifs is 1. The van der Waals surface area contributed by atoms with Crippen molar-refractivity contribution in [3.63, 3.8) is 0 Å². The number of hydrogen-bond acceptors (Lipinski definition) is 3. The first-order valence-electron chi connectivity index (χ1n) is 12.3. The van der Waals surface area contributed by atoms with Crippen LogP contribution in [0.25, 0.3) is 22.2 Å². The smallest absolute Gasteiger partial charge is 0.305 e. The summed E-state index contributed by atoms with van der Waals surface area (Å²) in [5.74, 6) is -0.179. The third kappa shape index (κ3) is 5.49. The average Bonchev–Trinajstić information content (AvgIpc) is 3.30. The molecule has 4 heteroatoms. The number of benzene rings is 4. The van der Waals surface area contributed by atoms with E-state index in [9.17, 15) is 4.79 Å². The molecule has 0 saturated heterocycles. The van der Waals surface area contributed by atoms with Gasteiger partial charge in [-0.2, -0.15) is 0 Å². The zero-order chi connectivity index (χ0) is 24.7. The van der Waals surface area contributed by atoms with Gasteiger partial charge in [0.2, 0.25) is 0 Å². The number of nitrogens with one attached hydrogen (secondary N) is 2. The fraction of sp³-hybridized carbons (Fsp3) is 0.156. The van der Waals surface area contributed by atoms with Gasteiger partial charge >= 0.3 is 5.97 Å². The summed E-state index contributed by atoms with van der Waals surface area (Å²) in [6.45, 7) is 0.754. The van der Waals surface area contributed by atoms with Gasteiger partial charge in [-0.3, -0.25) is 4.79 Å². The molecule has 4 aromatic carbocycles. The first-order valence-corrected chi connectivity index (χ1v) is 12.3. The van der Waals surface area contributed by atoms with Crippen LogP contribution in [0.15, 0.2) is 103 Å². The number of rotatable bonds is 9. The van der Waals surface area contributed by atoms with Crippen LogP contribution in [0.5, 0.6) is 0 Å². The van der Waals surface area contributed by atoms with Crippen molar-refractivity contribution in [2.24, 2.45) is 0 Å². The van der Waals surface area contributed by atoms with Gasteiger partial charge in [-0.1, -0.05) is 84.9 Å². The molecule has 0 aliphatic rings. The first kappa shape index (κ1) is 23.4. The highest BCUT2D eigenvalue weighted by Gasteiger charge is 2.13. The molecule has 4 nitrogen and oxygen atoms in total. The Hall–Kier alpha value is -4.31. The Balaban J connectivity index is 1.25. The minimum Gasteiger partial charge on any atom is -0.469 e. The normalized spacial score (nSPS) is 10.9. The van der Waals surface area contributed by atoms with Crippen LogP contribution < -0.4 is 5.32 Å². The maximum Gasteiger partial charge on any atom is 0.305 e. The van der Waals surface area contributed by atoms with Crippen LogP contribution >= 0.6 is 0 Å². The van der Waals surface area contributed by atoms with Crippen molar-refractivity contribution >= 4 is 22.6 Å². The molecule has 1 heterocycles. The summed E-state index contributed by atoms with van der Waals surface area (Å²) in [5, 5.41) is 4.76. The molecule has 5 rings (SSSR count). The molecule has 0 radical (unpaired) electrons. The van der Waals surface area contributed by atoms with Gasteiger partial charge < -0.3 is 15.0 Å². The monoisotopic (exact) mass is 474 g/mol. The summed E-state index contributed by atoms with van der Waals surface area (Å²) in [6.07, 6.45) is 1.97. The van der Waals surface area contributed by atoms with Gasteiger partial charge in [-0.05, 0) is 52.4 Å². The molecule has 0 atom stereocenters. The molecular formula is C32H30N2O2. The van der Waals surface area contributed by atoms with E-state index in [-0.39, 0.29) is 5.97 Å². The van der Waals surface area contributed by atoms with Crippen LogP contribution in [0.4, 0.5) is 5.69 Å². The number of esters is 1. The number of aromatic nitrogens is 1. The number of carbonyl (C=O) groups excluding carboxylic acids is 1. The molecule has 0 fully saturated rings. The van der Waals surface area contributed by atoms with E-state index in [1.165, 1.54) is 46.0 Å². The molecule has 0 aliphatic heterocycles. The predicted molar refractivity (Wildman–Crippen MR) is 147 cm³/mol. The van der Waals surface area contributed by atoms with Crippen molar-refractivity contribution in [3.05, 3.63) is 125 Å². The Kier molecular flexibility index (Phi) is 7.13. The molecule has 0 unspecified atom stereocenters. The van der Waals surface area contributed by atoms with Gasteiger partial charge in [-0.25, -0.2) is 0 Å². The molecule has 36 heavy (non-hydrogen) atoms. The van der Waals surface area contributed by atoms with Gasteiger partial charge in [0.1, 0.15) is 0 Å². The largest absolute Gasteiger partial charge is 0.469 e. The Morgan fingerprint density at radius 3 is 2.19 bits per heavy atom.